The molecule has 6 heteroatoms. The van der Waals surface area contributed by atoms with E-state index in [1.165, 1.54) is 0 Å². The normalized spacial score (nSPS) is 10.9. The third-order valence-electron chi connectivity index (χ3n) is 2.53. The van der Waals surface area contributed by atoms with Crippen LogP contribution in [-0.2, 0) is 0 Å². The van der Waals surface area contributed by atoms with E-state index in [0.717, 1.165) is 21.1 Å². The molecule has 0 atom stereocenters. The van der Waals surface area contributed by atoms with Gasteiger partial charge in [0.15, 0.2) is 0 Å². The fraction of sp³-hybridized carbons (Fsp3) is 0.0909. The van der Waals surface area contributed by atoms with Crippen molar-refractivity contribution in [1.29, 1.82) is 0 Å². The first kappa shape index (κ1) is 10.3. The summed E-state index contributed by atoms with van der Waals surface area (Å²) in [4.78, 5) is 0. The van der Waals surface area contributed by atoms with E-state index in [-0.39, 0.29) is 0 Å². The Morgan fingerprint density at radius 2 is 2.29 bits per heavy atom. The maximum Gasteiger partial charge on any atom is 0.235 e. The van der Waals surface area contributed by atoms with E-state index in [4.69, 9.17) is 4.74 Å². The summed E-state index contributed by atoms with van der Waals surface area (Å²) < 4.78 is 7.94. The second-order valence-corrected chi connectivity index (χ2v) is 4.39. The fourth-order valence-corrected chi connectivity index (χ4v) is 2.17. The van der Waals surface area contributed by atoms with Gasteiger partial charge in [0.05, 0.1) is 18.8 Å². The van der Waals surface area contributed by atoms with Crippen molar-refractivity contribution in [3.8, 4) is 11.6 Å². The van der Waals surface area contributed by atoms with Gasteiger partial charge in [-0.3, -0.25) is 0 Å². The quantitative estimate of drug-likeness (QED) is 0.790. The van der Waals surface area contributed by atoms with Crippen LogP contribution in [0, 0.1) is 0 Å². The standard InChI is InChI=1S/C11H9BrN4O/c1-17-11-10(5-13-14-11)16-6-7-8(12)3-2-4-9(7)15-16/h2-6H,1H3,(H,13,14). The third-order valence-corrected chi connectivity index (χ3v) is 3.22. The zero-order valence-corrected chi connectivity index (χ0v) is 10.6. The largest absolute Gasteiger partial charge is 0.480 e. The van der Waals surface area contributed by atoms with Crippen molar-refractivity contribution in [3.05, 3.63) is 35.1 Å². The number of methoxy groups -OCH3 is 1. The highest BCUT2D eigenvalue weighted by molar-refractivity contribution is 9.10. The van der Waals surface area contributed by atoms with Gasteiger partial charge < -0.3 is 4.74 Å². The Morgan fingerprint density at radius 3 is 3.06 bits per heavy atom. The second-order valence-electron chi connectivity index (χ2n) is 3.53. The molecule has 0 fully saturated rings. The minimum Gasteiger partial charge on any atom is -0.480 e. The van der Waals surface area contributed by atoms with Crippen molar-refractivity contribution < 1.29 is 4.74 Å². The van der Waals surface area contributed by atoms with Gasteiger partial charge in [-0.15, -0.1) is 0 Å². The van der Waals surface area contributed by atoms with Crippen LogP contribution in [0.5, 0.6) is 5.88 Å². The lowest BCUT2D eigenvalue weighted by molar-refractivity contribution is 0.394. The van der Waals surface area contributed by atoms with Crippen molar-refractivity contribution in [1.82, 2.24) is 20.0 Å². The van der Waals surface area contributed by atoms with Crippen LogP contribution in [0.25, 0.3) is 16.6 Å². The number of nitrogens with zero attached hydrogens (tertiary/aromatic N) is 3. The summed E-state index contributed by atoms with van der Waals surface area (Å²) in [5.74, 6) is 0.592. The molecule has 0 aliphatic rings. The molecular formula is C11H9BrN4O. The molecule has 3 aromatic rings. The summed E-state index contributed by atoms with van der Waals surface area (Å²) in [6, 6.07) is 5.90. The Morgan fingerprint density at radius 1 is 1.41 bits per heavy atom. The van der Waals surface area contributed by atoms with Crippen LogP contribution in [0.2, 0.25) is 0 Å². The van der Waals surface area contributed by atoms with Gasteiger partial charge in [-0.2, -0.15) is 10.2 Å². The van der Waals surface area contributed by atoms with Crippen LogP contribution in [-0.4, -0.2) is 27.1 Å². The Labute approximate surface area is 106 Å². The van der Waals surface area contributed by atoms with Crippen molar-refractivity contribution >= 4 is 26.8 Å². The molecule has 2 heterocycles. The van der Waals surface area contributed by atoms with Gasteiger partial charge in [-0.1, -0.05) is 22.0 Å². The number of halogens is 1. The third kappa shape index (κ3) is 1.61. The number of H-pyrrole nitrogens is 1. The second kappa shape index (κ2) is 3.89. The summed E-state index contributed by atoms with van der Waals surface area (Å²) in [5, 5.41) is 12.2. The lowest BCUT2D eigenvalue weighted by atomic mass is 10.3. The van der Waals surface area contributed by atoms with Gasteiger partial charge in [0.2, 0.25) is 5.88 Å². The molecule has 0 bridgehead atoms. The van der Waals surface area contributed by atoms with Crippen LogP contribution in [0.3, 0.4) is 0 Å². The Kier molecular flexibility index (Phi) is 2.36. The van der Waals surface area contributed by atoms with E-state index in [2.05, 4.69) is 31.2 Å². The lowest BCUT2D eigenvalue weighted by Gasteiger charge is -1.99. The van der Waals surface area contributed by atoms with Crippen LogP contribution < -0.4 is 4.74 Å². The first-order chi connectivity index (χ1) is 8.29. The van der Waals surface area contributed by atoms with Gasteiger partial charge in [0, 0.05) is 16.1 Å². The average Bonchev–Trinajstić information content (AvgIpc) is 2.94. The molecule has 0 radical (unpaired) electrons. The molecule has 17 heavy (non-hydrogen) atoms. The van der Waals surface area contributed by atoms with E-state index in [1.54, 1.807) is 18.0 Å². The van der Waals surface area contributed by atoms with Crippen LogP contribution in [0.4, 0.5) is 0 Å². The van der Waals surface area contributed by atoms with Gasteiger partial charge >= 0.3 is 0 Å². The molecule has 0 amide bonds. The Balaban J connectivity index is 2.22. The molecule has 0 saturated heterocycles. The molecule has 0 spiro atoms. The maximum atomic E-state index is 5.18. The van der Waals surface area contributed by atoms with Crippen molar-refractivity contribution in [2.24, 2.45) is 0 Å². The van der Waals surface area contributed by atoms with Crippen molar-refractivity contribution in [2.75, 3.05) is 7.11 Å². The van der Waals surface area contributed by atoms with Crippen LogP contribution >= 0.6 is 15.9 Å². The van der Waals surface area contributed by atoms with Gasteiger partial charge in [0.1, 0.15) is 5.69 Å². The first-order valence-corrected chi connectivity index (χ1v) is 5.80. The van der Waals surface area contributed by atoms with Gasteiger partial charge in [0.25, 0.3) is 0 Å². The number of aromatic amines is 1. The van der Waals surface area contributed by atoms with E-state index < -0.39 is 0 Å². The Bertz CT molecular complexity index is 673. The summed E-state index contributed by atoms with van der Waals surface area (Å²) in [6.07, 6.45) is 3.62. The SMILES string of the molecule is COc1[nH]ncc1-n1cc2c(Br)cccc2n1. The molecule has 1 aromatic carbocycles. The summed E-state index contributed by atoms with van der Waals surface area (Å²) in [5.41, 5.74) is 1.71. The highest BCUT2D eigenvalue weighted by Gasteiger charge is 2.10. The topological polar surface area (TPSA) is 55.7 Å². The summed E-state index contributed by atoms with van der Waals surface area (Å²) in [6.45, 7) is 0. The number of benzene rings is 1. The molecule has 0 saturated carbocycles. The smallest absolute Gasteiger partial charge is 0.235 e. The van der Waals surface area contributed by atoms with Gasteiger partial charge in [-0.25, -0.2) is 9.78 Å². The van der Waals surface area contributed by atoms with E-state index in [9.17, 15) is 0 Å². The minimum absolute atomic E-state index is 0.592. The molecular weight excluding hydrogens is 284 g/mol. The number of aromatic nitrogens is 4. The number of hydrogen-bond donors (Lipinski definition) is 1. The number of hydrogen-bond acceptors (Lipinski definition) is 3. The summed E-state index contributed by atoms with van der Waals surface area (Å²) in [7, 11) is 1.59. The van der Waals surface area contributed by atoms with E-state index >= 15 is 0 Å². The molecule has 5 nitrogen and oxygen atoms in total. The lowest BCUT2D eigenvalue weighted by Crippen LogP contribution is -1.95. The zero-order valence-electron chi connectivity index (χ0n) is 9.01. The van der Waals surface area contributed by atoms with Crippen molar-refractivity contribution in [2.45, 2.75) is 0 Å². The highest BCUT2D eigenvalue weighted by atomic mass is 79.9. The number of fused-ring (bicyclic) bond motifs is 1. The molecule has 2 aromatic heterocycles. The molecule has 86 valence electrons. The van der Waals surface area contributed by atoms with Crippen molar-refractivity contribution in [3.63, 3.8) is 0 Å². The molecule has 0 unspecified atom stereocenters. The highest BCUT2D eigenvalue weighted by Crippen LogP contribution is 2.26. The predicted molar refractivity (Wildman–Crippen MR) is 67.5 cm³/mol. The van der Waals surface area contributed by atoms with E-state index in [0.29, 0.717) is 5.88 Å². The number of nitrogens with one attached hydrogen (secondary N) is 1. The molecule has 1 N–H and O–H groups in total. The maximum absolute atomic E-state index is 5.18. The number of ether oxygens (including phenoxy) is 1. The Hall–Kier alpha value is -1.82. The predicted octanol–water partition coefficient (Wildman–Crippen LogP) is 2.52. The van der Waals surface area contributed by atoms with Gasteiger partial charge in [-0.05, 0) is 12.1 Å². The minimum atomic E-state index is 0.592. The summed E-state index contributed by atoms with van der Waals surface area (Å²) >= 11 is 3.50. The first-order valence-electron chi connectivity index (χ1n) is 5.01. The zero-order chi connectivity index (χ0) is 11.8. The number of rotatable bonds is 2. The molecule has 3 rings (SSSR count). The van der Waals surface area contributed by atoms with Crippen LogP contribution in [0.15, 0.2) is 35.1 Å². The monoisotopic (exact) mass is 292 g/mol. The van der Waals surface area contributed by atoms with Crippen LogP contribution in [0.1, 0.15) is 0 Å². The molecule has 0 aliphatic heterocycles. The average molecular weight is 293 g/mol. The molecule has 0 aliphatic carbocycles. The fourth-order valence-electron chi connectivity index (χ4n) is 1.71. The van der Waals surface area contributed by atoms with E-state index in [1.807, 2.05) is 24.4 Å².